The van der Waals surface area contributed by atoms with E-state index in [1.165, 1.54) is 0 Å². The first-order valence-corrected chi connectivity index (χ1v) is 10.1. The minimum Gasteiger partial charge on any atom is -0.488 e. The quantitative estimate of drug-likeness (QED) is 0.834. The van der Waals surface area contributed by atoms with Crippen molar-refractivity contribution >= 4 is 5.91 Å². The van der Waals surface area contributed by atoms with Crippen molar-refractivity contribution in [2.45, 2.75) is 63.6 Å². The SMILES string of the molecule is CN(C)Cc1nc(C(C)(C)NC(=O)[C@H]2C[C@@]23CC(C)(C)Oc2ccccc23)no1. The lowest BCUT2D eigenvalue weighted by Crippen LogP contribution is -2.45. The molecule has 29 heavy (non-hydrogen) atoms. The number of nitrogens with zero attached hydrogens (tertiary/aromatic N) is 3. The molecule has 2 heterocycles. The number of amides is 1. The summed E-state index contributed by atoms with van der Waals surface area (Å²) in [5, 5.41) is 7.24. The Kier molecular flexibility index (Phi) is 4.49. The first-order chi connectivity index (χ1) is 13.5. The van der Waals surface area contributed by atoms with Crippen LogP contribution in [0.15, 0.2) is 28.8 Å². The highest BCUT2D eigenvalue weighted by Crippen LogP contribution is 2.63. The van der Waals surface area contributed by atoms with Gasteiger partial charge in [0.15, 0.2) is 5.82 Å². The van der Waals surface area contributed by atoms with Crippen molar-refractivity contribution in [1.82, 2.24) is 20.4 Å². The van der Waals surface area contributed by atoms with Crippen LogP contribution in [0.4, 0.5) is 0 Å². The molecule has 0 unspecified atom stereocenters. The third-order valence-electron chi connectivity index (χ3n) is 5.86. The molecule has 2 atom stereocenters. The summed E-state index contributed by atoms with van der Waals surface area (Å²) in [6, 6.07) is 8.09. The number of nitrogens with one attached hydrogen (secondary N) is 1. The molecule has 4 rings (SSSR count). The number of carbonyl (C=O) groups is 1. The summed E-state index contributed by atoms with van der Waals surface area (Å²) in [5.74, 6) is 1.87. The lowest BCUT2D eigenvalue weighted by atomic mass is 9.79. The molecule has 1 aliphatic heterocycles. The largest absolute Gasteiger partial charge is 0.488 e. The average molecular weight is 399 g/mol. The first kappa shape index (κ1) is 19.9. The van der Waals surface area contributed by atoms with Gasteiger partial charge in [-0.2, -0.15) is 4.98 Å². The van der Waals surface area contributed by atoms with Crippen molar-refractivity contribution in [2.24, 2.45) is 5.92 Å². The van der Waals surface area contributed by atoms with Crippen LogP contribution in [0.5, 0.6) is 5.75 Å². The van der Waals surface area contributed by atoms with E-state index in [0.717, 1.165) is 24.2 Å². The highest BCUT2D eigenvalue weighted by atomic mass is 16.5. The molecule has 7 nitrogen and oxygen atoms in total. The van der Waals surface area contributed by atoms with Crippen LogP contribution >= 0.6 is 0 Å². The summed E-state index contributed by atoms with van der Waals surface area (Å²) < 4.78 is 11.5. The minimum atomic E-state index is -0.713. The second-order valence-corrected chi connectivity index (χ2v) is 9.81. The number of rotatable bonds is 5. The molecule has 1 saturated carbocycles. The van der Waals surface area contributed by atoms with E-state index in [-0.39, 0.29) is 22.8 Å². The van der Waals surface area contributed by atoms with Crippen molar-refractivity contribution in [1.29, 1.82) is 0 Å². The summed E-state index contributed by atoms with van der Waals surface area (Å²) in [7, 11) is 3.88. The van der Waals surface area contributed by atoms with E-state index in [2.05, 4.69) is 35.4 Å². The zero-order chi connectivity index (χ0) is 21.0. The van der Waals surface area contributed by atoms with Gasteiger partial charge in [0.05, 0.1) is 12.1 Å². The van der Waals surface area contributed by atoms with Gasteiger partial charge in [-0.3, -0.25) is 4.79 Å². The number of hydrogen-bond donors (Lipinski definition) is 1. The summed E-state index contributed by atoms with van der Waals surface area (Å²) >= 11 is 0. The number of para-hydroxylation sites is 1. The Balaban J connectivity index is 1.52. The van der Waals surface area contributed by atoms with Crippen LogP contribution in [0.1, 0.15) is 57.8 Å². The van der Waals surface area contributed by atoms with E-state index < -0.39 is 5.54 Å². The van der Waals surface area contributed by atoms with Gasteiger partial charge in [-0.1, -0.05) is 23.4 Å². The zero-order valence-corrected chi connectivity index (χ0v) is 18.1. The molecule has 1 aliphatic carbocycles. The lowest BCUT2D eigenvalue weighted by molar-refractivity contribution is -0.124. The number of hydrogen-bond acceptors (Lipinski definition) is 6. The normalized spacial score (nSPS) is 24.9. The average Bonchev–Trinajstić information content (AvgIpc) is 3.09. The third kappa shape index (κ3) is 3.64. The Morgan fingerprint density at radius 2 is 2.03 bits per heavy atom. The highest BCUT2D eigenvalue weighted by Gasteiger charge is 2.64. The topological polar surface area (TPSA) is 80.5 Å². The predicted octanol–water partition coefficient (Wildman–Crippen LogP) is 3.00. The fourth-order valence-electron chi connectivity index (χ4n) is 4.59. The number of benzene rings is 1. The van der Waals surface area contributed by atoms with Gasteiger partial charge in [0.2, 0.25) is 11.8 Å². The molecule has 0 radical (unpaired) electrons. The van der Waals surface area contributed by atoms with Gasteiger partial charge in [-0.15, -0.1) is 0 Å². The summed E-state index contributed by atoms with van der Waals surface area (Å²) in [4.78, 5) is 19.7. The van der Waals surface area contributed by atoms with Crippen LogP contribution in [0.3, 0.4) is 0 Å². The second-order valence-electron chi connectivity index (χ2n) is 9.81. The smallest absolute Gasteiger partial charge is 0.240 e. The van der Waals surface area contributed by atoms with Crippen LogP contribution in [-0.2, 0) is 22.3 Å². The molecular formula is C22H30N4O3. The van der Waals surface area contributed by atoms with E-state index >= 15 is 0 Å². The maximum Gasteiger partial charge on any atom is 0.240 e. The fraction of sp³-hybridized carbons (Fsp3) is 0.591. The molecule has 1 aromatic heterocycles. The van der Waals surface area contributed by atoms with Crippen LogP contribution in [0, 0.1) is 5.92 Å². The molecule has 1 amide bonds. The predicted molar refractivity (Wildman–Crippen MR) is 108 cm³/mol. The van der Waals surface area contributed by atoms with Gasteiger partial charge in [-0.25, -0.2) is 0 Å². The molecular weight excluding hydrogens is 368 g/mol. The molecule has 1 fully saturated rings. The van der Waals surface area contributed by atoms with E-state index in [4.69, 9.17) is 9.26 Å². The van der Waals surface area contributed by atoms with Crippen molar-refractivity contribution in [2.75, 3.05) is 14.1 Å². The summed E-state index contributed by atoms with van der Waals surface area (Å²) in [5.41, 5.74) is -0.0284. The van der Waals surface area contributed by atoms with Crippen molar-refractivity contribution in [3.05, 3.63) is 41.5 Å². The van der Waals surface area contributed by atoms with Crippen molar-refractivity contribution in [3.8, 4) is 5.75 Å². The van der Waals surface area contributed by atoms with Gasteiger partial charge >= 0.3 is 0 Å². The van der Waals surface area contributed by atoms with Gasteiger partial charge in [-0.05, 0) is 60.7 Å². The van der Waals surface area contributed by atoms with Crippen molar-refractivity contribution < 1.29 is 14.1 Å². The Hall–Kier alpha value is -2.41. The Morgan fingerprint density at radius 3 is 2.76 bits per heavy atom. The monoisotopic (exact) mass is 398 g/mol. The number of carbonyl (C=O) groups excluding carboxylic acids is 1. The highest BCUT2D eigenvalue weighted by molar-refractivity contribution is 5.85. The van der Waals surface area contributed by atoms with E-state index in [9.17, 15) is 4.79 Å². The maximum absolute atomic E-state index is 13.2. The van der Waals surface area contributed by atoms with Crippen LogP contribution in [0.2, 0.25) is 0 Å². The Labute approximate surface area is 171 Å². The van der Waals surface area contributed by atoms with Crippen molar-refractivity contribution in [3.63, 3.8) is 0 Å². The molecule has 0 bridgehead atoms. The number of fused-ring (bicyclic) bond motifs is 2. The summed E-state index contributed by atoms with van der Waals surface area (Å²) in [6.07, 6.45) is 1.65. The third-order valence-corrected chi connectivity index (χ3v) is 5.86. The van der Waals surface area contributed by atoms with Gasteiger partial charge in [0.1, 0.15) is 11.4 Å². The van der Waals surface area contributed by atoms with E-state index in [1.54, 1.807) is 0 Å². The molecule has 1 aromatic carbocycles. The van der Waals surface area contributed by atoms with E-state index in [1.807, 2.05) is 51.0 Å². The molecule has 2 aromatic rings. The Bertz CT molecular complexity index is 934. The van der Waals surface area contributed by atoms with E-state index in [0.29, 0.717) is 18.3 Å². The zero-order valence-electron chi connectivity index (χ0n) is 18.1. The second kappa shape index (κ2) is 6.55. The molecule has 2 aliphatic rings. The van der Waals surface area contributed by atoms with Gasteiger partial charge < -0.3 is 19.5 Å². The minimum absolute atomic E-state index is 0.0291. The van der Waals surface area contributed by atoms with Crippen LogP contribution in [0.25, 0.3) is 0 Å². The van der Waals surface area contributed by atoms with Crippen LogP contribution in [-0.4, -0.2) is 40.6 Å². The summed E-state index contributed by atoms with van der Waals surface area (Å²) in [6.45, 7) is 8.56. The molecule has 1 N–H and O–H groups in total. The molecule has 0 saturated heterocycles. The molecule has 7 heteroatoms. The van der Waals surface area contributed by atoms with Gasteiger partial charge in [0.25, 0.3) is 0 Å². The van der Waals surface area contributed by atoms with Crippen LogP contribution < -0.4 is 10.1 Å². The first-order valence-electron chi connectivity index (χ1n) is 10.1. The maximum atomic E-state index is 13.2. The van der Waals surface area contributed by atoms with Gasteiger partial charge in [0, 0.05) is 16.9 Å². The fourth-order valence-corrected chi connectivity index (χ4v) is 4.59. The molecule has 156 valence electrons. The Morgan fingerprint density at radius 1 is 1.31 bits per heavy atom. The molecule has 1 spiro atoms. The lowest BCUT2D eigenvalue weighted by Gasteiger charge is -2.38. The number of ether oxygens (including phenoxy) is 1. The number of aromatic nitrogens is 2. The standard InChI is InChI=1S/C22H30N4O3/c1-20(2)13-22(14-9-7-8-10-16(14)28-20)11-15(22)18(27)24-21(3,4)19-23-17(29-25-19)12-26(5)6/h7-10,15H,11-13H2,1-6H3,(H,24,27)/t15-,22+/m1/s1.